The van der Waals surface area contributed by atoms with Gasteiger partial charge in [0.05, 0.1) is 17.5 Å². The summed E-state index contributed by atoms with van der Waals surface area (Å²) >= 11 is 5.34. The Hall–Kier alpha value is -1.47. The summed E-state index contributed by atoms with van der Waals surface area (Å²) in [6.45, 7) is -0.148. The van der Waals surface area contributed by atoms with E-state index in [9.17, 15) is 28.2 Å². The monoisotopic (exact) mass is 297 g/mol. The van der Waals surface area contributed by atoms with Crippen molar-refractivity contribution in [2.24, 2.45) is 0 Å². The largest absolute Gasteiger partial charge is 0.507 e. The van der Waals surface area contributed by atoms with Crippen molar-refractivity contribution in [3.8, 4) is 5.75 Å². The van der Waals surface area contributed by atoms with Gasteiger partial charge < -0.3 is 15.5 Å². The molecular formula is C11H11ClF3NO3. The van der Waals surface area contributed by atoms with Crippen LogP contribution in [0.2, 0.25) is 0 Å². The number of ketones is 1. The summed E-state index contributed by atoms with van der Waals surface area (Å²) in [5.41, 5.74) is -1.09. The molecule has 0 fully saturated rings. The van der Waals surface area contributed by atoms with Crippen molar-refractivity contribution in [1.82, 2.24) is 0 Å². The molecule has 4 nitrogen and oxygen atoms in total. The topological polar surface area (TPSA) is 69.6 Å². The van der Waals surface area contributed by atoms with Gasteiger partial charge in [0.25, 0.3) is 5.78 Å². The van der Waals surface area contributed by atoms with Gasteiger partial charge in [-0.1, -0.05) is 6.07 Å². The van der Waals surface area contributed by atoms with E-state index in [4.69, 9.17) is 11.6 Å². The highest BCUT2D eigenvalue weighted by molar-refractivity contribution is 6.18. The lowest BCUT2D eigenvalue weighted by Crippen LogP contribution is -2.26. The van der Waals surface area contributed by atoms with Gasteiger partial charge in [-0.3, -0.25) is 4.79 Å². The second-order valence-electron chi connectivity index (χ2n) is 3.72. The van der Waals surface area contributed by atoms with Gasteiger partial charge in [-0.05, 0) is 12.1 Å². The molecule has 0 spiro atoms. The number of hydrogen-bond acceptors (Lipinski definition) is 4. The number of alkyl halides is 4. The molecular weight excluding hydrogens is 287 g/mol. The quantitative estimate of drug-likeness (QED) is 0.575. The zero-order chi connectivity index (χ0) is 14.6. The molecule has 0 aliphatic heterocycles. The first-order chi connectivity index (χ1) is 8.77. The predicted molar refractivity (Wildman–Crippen MR) is 63.7 cm³/mol. The van der Waals surface area contributed by atoms with Gasteiger partial charge in [-0.15, -0.1) is 11.6 Å². The minimum absolute atomic E-state index is 0.117. The van der Waals surface area contributed by atoms with Crippen LogP contribution in [0.15, 0.2) is 18.2 Å². The summed E-state index contributed by atoms with van der Waals surface area (Å²) in [7, 11) is 0. The molecule has 0 saturated heterocycles. The zero-order valence-corrected chi connectivity index (χ0v) is 10.3. The van der Waals surface area contributed by atoms with E-state index in [2.05, 4.69) is 5.32 Å². The van der Waals surface area contributed by atoms with E-state index in [0.29, 0.717) is 0 Å². The van der Waals surface area contributed by atoms with Crippen molar-refractivity contribution in [2.45, 2.75) is 12.3 Å². The van der Waals surface area contributed by atoms with Crippen LogP contribution in [0, 0.1) is 0 Å². The first-order valence-electron chi connectivity index (χ1n) is 5.18. The Bertz CT molecular complexity index is 465. The molecule has 106 valence electrons. The van der Waals surface area contributed by atoms with E-state index >= 15 is 0 Å². The summed E-state index contributed by atoms with van der Waals surface area (Å²) in [5.74, 6) is -3.06. The number of benzene rings is 1. The second kappa shape index (κ2) is 6.12. The van der Waals surface area contributed by atoms with Gasteiger partial charge in [0.15, 0.2) is 0 Å². The van der Waals surface area contributed by atoms with Crippen LogP contribution in [-0.2, 0) is 0 Å². The lowest BCUT2D eigenvalue weighted by atomic mass is 10.1. The molecule has 1 rings (SSSR count). The van der Waals surface area contributed by atoms with Crippen molar-refractivity contribution in [2.75, 3.05) is 17.7 Å². The maximum Gasteiger partial charge on any atom is 0.455 e. The first kappa shape index (κ1) is 15.6. The molecule has 0 amide bonds. The third-order valence-corrected chi connectivity index (χ3v) is 2.59. The minimum Gasteiger partial charge on any atom is -0.507 e. The number of phenolic OH excluding ortho intramolecular Hbond substituents is 1. The fourth-order valence-electron chi connectivity index (χ4n) is 1.35. The summed E-state index contributed by atoms with van der Waals surface area (Å²) < 4.78 is 37.2. The summed E-state index contributed by atoms with van der Waals surface area (Å²) in [4.78, 5) is 11.2. The number of aliphatic hydroxyl groups excluding tert-OH is 1. The highest BCUT2D eigenvalue weighted by Crippen LogP contribution is 2.32. The van der Waals surface area contributed by atoms with Gasteiger partial charge in [0.1, 0.15) is 5.75 Å². The lowest BCUT2D eigenvalue weighted by Gasteiger charge is -2.15. The lowest BCUT2D eigenvalue weighted by molar-refractivity contribution is -0.0886. The second-order valence-corrected chi connectivity index (χ2v) is 4.02. The summed E-state index contributed by atoms with van der Waals surface area (Å²) in [5, 5.41) is 21.1. The molecule has 0 saturated carbocycles. The van der Waals surface area contributed by atoms with Crippen LogP contribution in [0.4, 0.5) is 18.9 Å². The predicted octanol–water partition coefficient (Wildman–Crippen LogP) is 2.15. The molecule has 3 N–H and O–H groups in total. The number of carbonyl (C=O) groups excluding carboxylic acids is 1. The van der Waals surface area contributed by atoms with Crippen molar-refractivity contribution >= 4 is 23.1 Å². The smallest absolute Gasteiger partial charge is 0.455 e. The first-order valence-corrected chi connectivity index (χ1v) is 5.72. The molecule has 8 heteroatoms. The molecule has 0 radical (unpaired) electrons. The molecule has 0 bridgehead atoms. The normalized spacial score (nSPS) is 13.1. The van der Waals surface area contributed by atoms with Crippen LogP contribution in [-0.4, -0.2) is 40.7 Å². The summed E-state index contributed by atoms with van der Waals surface area (Å²) in [6, 6.07) is 3.44. The van der Waals surface area contributed by atoms with E-state index in [1.54, 1.807) is 0 Å². The molecule has 0 aliphatic carbocycles. The summed E-state index contributed by atoms with van der Waals surface area (Å²) in [6.07, 6.45) is -6.08. The van der Waals surface area contributed by atoms with Crippen LogP contribution in [0.5, 0.6) is 5.75 Å². The number of halogens is 4. The number of anilines is 1. The number of aromatic hydroxyl groups is 1. The highest BCUT2D eigenvalue weighted by Gasteiger charge is 2.42. The number of rotatable bonds is 5. The van der Waals surface area contributed by atoms with E-state index in [0.717, 1.165) is 6.07 Å². The van der Waals surface area contributed by atoms with Gasteiger partial charge in [-0.2, -0.15) is 13.2 Å². The van der Waals surface area contributed by atoms with E-state index in [1.807, 2.05) is 0 Å². The van der Waals surface area contributed by atoms with Crippen molar-refractivity contribution in [3.05, 3.63) is 23.8 Å². The molecule has 1 unspecified atom stereocenters. The Morgan fingerprint density at radius 3 is 2.58 bits per heavy atom. The SMILES string of the molecule is O=C(c1c(O)cccc1NCC(O)CCl)C(F)(F)F. The number of nitrogens with one attached hydrogen (secondary N) is 1. The van der Waals surface area contributed by atoms with Crippen LogP contribution >= 0.6 is 11.6 Å². The molecule has 0 aliphatic rings. The molecule has 0 aromatic heterocycles. The van der Waals surface area contributed by atoms with Gasteiger partial charge in [0, 0.05) is 12.2 Å². The number of aliphatic hydroxyl groups is 1. The third kappa shape index (κ3) is 4.00. The van der Waals surface area contributed by atoms with Gasteiger partial charge in [0.2, 0.25) is 0 Å². The molecule has 1 aromatic rings. The average Bonchev–Trinajstić information content (AvgIpc) is 2.34. The maximum absolute atomic E-state index is 12.4. The molecule has 1 aromatic carbocycles. The van der Waals surface area contributed by atoms with Crippen LogP contribution in [0.3, 0.4) is 0 Å². The molecule has 19 heavy (non-hydrogen) atoms. The maximum atomic E-state index is 12.4. The number of carbonyl (C=O) groups is 1. The number of hydrogen-bond donors (Lipinski definition) is 3. The Kier molecular flexibility index (Phi) is 5.02. The van der Waals surface area contributed by atoms with Crippen molar-refractivity contribution in [1.29, 1.82) is 0 Å². The fourth-order valence-corrected chi connectivity index (χ4v) is 1.46. The Morgan fingerprint density at radius 2 is 2.05 bits per heavy atom. The average molecular weight is 298 g/mol. The van der Waals surface area contributed by atoms with Crippen molar-refractivity contribution < 1.29 is 28.2 Å². The van der Waals surface area contributed by atoms with Gasteiger partial charge in [-0.25, -0.2) is 0 Å². The van der Waals surface area contributed by atoms with E-state index in [-0.39, 0.29) is 18.1 Å². The standard InChI is InChI=1S/C11H11ClF3NO3/c12-4-6(17)5-16-7-2-1-3-8(18)9(7)10(19)11(13,14)15/h1-3,6,16-18H,4-5H2. The molecule has 0 heterocycles. The Balaban J connectivity index is 3.06. The highest BCUT2D eigenvalue weighted by atomic mass is 35.5. The number of phenols is 1. The number of Topliss-reactive ketones (excluding diaryl/α,β-unsaturated/α-hetero) is 1. The molecule has 1 atom stereocenters. The van der Waals surface area contributed by atoms with Crippen LogP contribution in [0.25, 0.3) is 0 Å². The van der Waals surface area contributed by atoms with E-state index in [1.165, 1.54) is 12.1 Å². The van der Waals surface area contributed by atoms with E-state index < -0.39 is 29.4 Å². The third-order valence-electron chi connectivity index (χ3n) is 2.23. The van der Waals surface area contributed by atoms with Crippen LogP contribution in [0.1, 0.15) is 10.4 Å². The Labute approximate surface area is 111 Å². The minimum atomic E-state index is -5.10. The van der Waals surface area contributed by atoms with Crippen molar-refractivity contribution in [3.63, 3.8) is 0 Å². The zero-order valence-electron chi connectivity index (χ0n) is 9.54. The fraction of sp³-hybridized carbons (Fsp3) is 0.364. The van der Waals surface area contributed by atoms with Gasteiger partial charge >= 0.3 is 6.18 Å². The Morgan fingerprint density at radius 1 is 1.42 bits per heavy atom. The van der Waals surface area contributed by atoms with Crippen LogP contribution < -0.4 is 5.32 Å².